The summed E-state index contributed by atoms with van der Waals surface area (Å²) in [6, 6.07) is 11.9. The van der Waals surface area contributed by atoms with Gasteiger partial charge < -0.3 is 22.0 Å². The predicted octanol–water partition coefficient (Wildman–Crippen LogP) is 3.35. The molecule has 28 heavy (non-hydrogen) atoms. The van der Waals surface area contributed by atoms with E-state index in [9.17, 15) is 14.9 Å². The molecule has 2 aromatic heterocycles. The fourth-order valence-electron chi connectivity index (χ4n) is 2.73. The normalized spacial score (nSPS) is 12.5. The van der Waals surface area contributed by atoms with Crippen LogP contribution in [0.1, 0.15) is 27.7 Å². The number of furan rings is 1. The van der Waals surface area contributed by atoms with Gasteiger partial charge in [0.15, 0.2) is 12.4 Å². The molecule has 8 heteroatoms. The Hall–Kier alpha value is -3.39. The number of pyridine rings is 1. The fraction of sp³-hybridized carbons (Fsp3) is 0.150. The van der Waals surface area contributed by atoms with Crippen LogP contribution in [0.2, 0.25) is 0 Å². The first-order valence-electron chi connectivity index (χ1n) is 8.45. The van der Waals surface area contributed by atoms with Gasteiger partial charge in [-0.05, 0) is 30.2 Å². The van der Waals surface area contributed by atoms with Crippen LogP contribution >= 0.6 is 0 Å². The van der Waals surface area contributed by atoms with E-state index in [0.717, 1.165) is 5.56 Å². The number of nitro groups is 1. The van der Waals surface area contributed by atoms with Gasteiger partial charge in [0.2, 0.25) is 11.8 Å². The summed E-state index contributed by atoms with van der Waals surface area (Å²) in [7, 11) is 0. The number of nitrogens with zero attached hydrogens (tertiary/aromatic N) is 3. The summed E-state index contributed by atoms with van der Waals surface area (Å²) in [6.45, 7) is 2.10. The van der Waals surface area contributed by atoms with Gasteiger partial charge in [-0.1, -0.05) is 12.1 Å². The molecule has 0 saturated carbocycles. The molecular formula is C20H17N3O4S. The van der Waals surface area contributed by atoms with Gasteiger partial charge in [-0.15, -0.1) is 0 Å². The summed E-state index contributed by atoms with van der Waals surface area (Å²) in [5.41, 5.74) is 0.981. The van der Waals surface area contributed by atoms with E-state index < -0.39 is 11.0 Å². The molecule has 3 aromatic rings. The molecule has 1 aromatic carbocycles. The van der Waals surface area contributed by atoms with Crippen LogP contribution in [-0.2, 0) is 19.2 Å². The molecule has 0 bridgehead atoms. The summed E-state index contributed by atoms with van der Waals surface area (Å²) in [4.78, 5) is 28.1. The lowest BCUT2D eigenvalue weighted by Gasteiger charge is -2.18. The van der Waals surface area contributed by atoms with Crippen molar-refractivity contribution in [2.75, 3.05) is 0 Å². The van der Waals surface area contributed by atoms with Crippen molar-refractivity contribution in [3.05, 3.63) is 94.2 Å². The van der Waals surface area contributed by atoms with Crippen molar-refractivity contribution >= 4 is 29.1 Å². The SMILES string of the molecule is Cc1ccc[n+]([C@H](C(=O)c2cccc([N+](=O)[O-])c2)C([S-])=NCc2ccco2)c1. The first-order valence-corrected chi connectivity index (χ1v) is 8.86. The lowest BCUT2D eigenvalue weighted by molar-refractivity contribution is -0.692. The van der Waals surface area contributed by atoms with E-state index in [0.29, 0.717) is 5.76 Å². The fourth-order valence-corrected chi connectivity index (χ4v) is 3.02. The zero-order valence-corrected chi connectivity index (χ0v) is 15.8. The monoisotopic (exact) mass is 395 g/mol. The quantitative estimate of drug-likeness (QED) is 0.116. The maximum atomic E-state index is 13.2. The van der Waals surface area contributed by atoms with Crippen molar-refractivity contribution in [3.63, 3.8) is 0 Å². The number of aliphatic imine (C=N–C) groups is 1. The van der Waals surface area contributed by atoms with Crippen LogP contribution in [-0.4, -0.2) is 15.8 Å². The minimum atomic E-state index is -0.896. The van der Waals surface area contributed by atoms with Crippen LogP contribution in [0.5, 0.6) is 0 Å². The Balaban J connectivity index is 2.00. The molecule has 0 aliphatic heterocycles. The van der Waals surface area contributed by atoms with Gasteiger partial charge in [0, 0.05) is 29.3 Å². The molecule has 2 heterocycles. The summed E-state index contributed by atoms with van der Waals surface area (Å²) in [5, 5.41) is 11.2. The Morgan fingerprint density at radius 3 is 2.79 bits per heavy atom. The van der Waals surface area contributed by atoms with E-state index in [1.807, 2.05) is 13.0 Å². The number of aromatic nitrogens is 1. The minimum Gasteiger partial charge on any atom is -0.758 e. The minimum absolute atomic E-state index is 0.155. The molecule has 0 fully saturated rings. The smallest absolute Gasteiger partial charge is 0.270 e. The standard InChI is InChI=1S/C20H17N3O4S/c1-14-5-3-9-22(13-14)18(20(28)21-12-17-8-4-10-27-17)19(24)15-6-2-7-16(11-15)23(25)26/h2-11,13,18H,12H2,1H3/t18-/m1/s1. The molecule has 0 radical (unpaired) electrons. The van der Waals surface area contributed by atoms with Crippen molar-refractivity contribution in [1.82, 2.24) is 0 Å². The second-order valence-corrected chi connectivity index (χ2v) is 6.55. The van der Waals surface area contributed by atoms with E-state index in [4.69, 9.17) is 17.0 Å². The van der Waals surface area contributed by atoms with E-state index in [1.54, 1.807) is 35.2 Å². The summed E-state index contributed by atoms with van der Waals surface area (Å²) < 4.78 is 6.93. The highest BCUT2D eigenvalue weighted by atomic mass is 32.1. The Morgan fingerprint density at radius 1 is 1.29 bits per heavy atom. The van der Waals surface area contributed by atoms with Crippen LogP contribution in [0.3, 0.4) is 0 Å². The molecule has 0 spiro atoms. The lowest BCUT2D eigenvalue weighted by atomic mass is 10.0. The largest absolute Gasteiger partial charge is 0.758 e. The molecule has 0 aliphatic carbocycles. The lowest BCUT2D eigenvalue weighted by Crippen LogP contribution is -2.47. The highest BCUT2D eigenvalue weighted by Gasteiger charge is 2.29. The third kappa shape index (κ3) is 4.47. The number of nitro benzene ring substituents is 1. The molecule has 0 saturated heterocycles. The predicted molar refractivity (Wildman–Crippen MR) is 105 cm³/mol. The van der Waals surface area contributed by atoms with Crippen molar-refractivity contribution in [3.8, 4) is 0 Å². The van der Waals surface area contributed by atoms with Crippen molar-refractivity contribution in [2.24, 2.45) is 4.99 Å². The van der Waals surface area contributed by atoms with Crippen LogP contribution in [0.15, 0.2) is 76.6 Å². The number of carbonyl (C=O) groups excluding carboxylic acids is 1. The topological polar surface area (TPSA) is 89.6 Å². The summed E-state index contributed by atoms with van der Waals surface area (Å²) in [6.07, 6.45) is 5.05. The Bertz CT molecular complexity index is 1030. The van der Waals surface area contributed by atoms with E-state index >= 15 is 0 Å². The second kappa shape index (κ2) is 8.53. The first-order chi connectivity index (χ1) is 13.5. The average molecular weight is 395 g/mol. The van der Waals surface area contributed by atoms with Crippen LogP contribution in [0.25, 0.3) is 0 Å². The van der Waals surface area contributed by atoms with Crippen molar-refractivity contribution in [1.29, 1.82) is 0 Å². The van der Waals surface area contributed by atoms with Crippen molar-refractivity contribution < 1.29 is 18.7 Å². The number of hydrogen-bond acceptors (Lipinski definition) is 6. The van der Waals surface area contributed by atoms with Crippen LogP contribution < -0.4 is 4.57 Å². The first kappa shape index (κ1) is 19.4. The van der Waals surface area contributed by atoms with Gasteiger partial charge in [-0.2, -0.15) is 4.57 Å². The third-order valence-electron chi connectivity index (χ3n) is 4.06. The third-order valence-corrected chi connectivity index (χ3v) is 4.42. The number of aryl methyl sites for hydroxylation is 1. The highest BCUT2D eigenvalue weighted by Crippen LogP contribution is 2.18. The average Bonchev–Trinajstić information content (AvgIpc) is 3.20. The zero-order valence-electron chi connectivity index (χ0n) is 15.0. The van der Waals surface area contributed by atoms with Gasteiger partial charge >= 0.3 is 0 Å². The number of hydrogen-bond donors (Lipinski definition) is 0. The van der Waals surface area contributed by atoms with Crippen molar-refractivity contribution in [2.45, 2.75) is 19.5 Å². The summed E-state index contributed by atoms with van der Waals surface area (Å²) in [5.74, 6) is 0.255. The molecule has 0 aliphatic rings. The van der Waals surface area contributed by atoms with Gasteiger partial charge in [0.25, 0.3) is 5.69 Å². The Kier molecular flexibility index (Phi) is 5.90. The van der Waals surface area contributed by atoms with Gasteiger partial charge in [0.1, 0.15) is 5.76 Å². The van der Waals surface area contributed by atoms with E-state index in [2.05, 4.69) is 4.99 Å². The zero-order chi connectivity index (χ0) is 20.1. The number of rotatable bonds is 7. The maximum absolute atomic E-state index is 13.2. The number of benzene rings is 1. The molecule has 7 nitrogen and oxygen atoms in total. The Labute approximate surface area is 166 Å². The van der Waals surface area contributed by atoms with E-state index in [-0.39, 0.29) is 28.6 Å². The molecule has 142 valence electrons. The number of non-ortho nitro benzene ring substituents is 1. The molecule has 1 atom stereocenters. The molecule has 0 unspecified atom stereocenters. The number of Topliss-reactive ketones (excluding diaryl/α,β-unsaturated/α-hetero) is 1. The van der Waals surface area contributed by atoms with E-state index in [1.165, 1.54) is 30.5 Å². The van der Waals surface area contributed by atoms with Crippen LogP contribution in [0, 0.1) is 17.0 Å². The molecule has 0 N–H and O–H groups in total. The number of carbonyl (C=O) groups is 1. The van der Waals surface area contributed by atoms with Gasteiger partial charge in [-0.3, -0.25) is 14.9 Å². The second-order valence-electron chi connectivity index (χ2n) is 6.14. The van der Waals surface area contributed by atoms with Gasteiger partial charge in [0.05, 0.1) is 17.7 Å². The molecular weight excluding hydrogens is 378 g/mol. The van der Waals surface area contributed by atoms with Crippen LogP contribution in [0.4, 0.5) is 5.69 Å². The molecule has 0 amide bonds. The maximum Gasteiger partial charge on any atom is 0.270 e. The number of ketones is 1. The summed E-state index contributed by atoms with van der Waals surface area (Å²) >= 11 is 5.45. The van der Waals surface area contributed by atoms with Gasteiger partial charge in [-0.25, -0.2) is 0 Å². The molecule has 3 rings (SSSR count). The highest BCUT2D eigenvalue weighted by molar-refractivity contribution is 7.77. The Morgan fingerprint density at radius 2 is 2.11 bits per heavy atom.